The minimum Gasteiger partial charge on any atom is -0.335 e. The van der Waals surface area contributed by atoms with Crippen molar-refractivity contribution >= 4 is 77.1 Å². The Hall–Kier alpha value is -3.22. The Kier molecular flexibility index (Phi) is 5.19. The molecule has 2 heterocycles. The molecule has 0 aliphatic heterocycles. The number of sulfonamides is 1. The van der Waals surface area contributed by atoms with Crippen LogP contribution in [0.4, 0.5) is 21.7 Å². The van der Waals surface area contributed by atoms with Crippen LogP contribution in [0.2, 0.25) is 0 Å². The number of para-hydroxylation sites is 2. The van der Waals surface area contributed by atoms with Gasteiger partial charge in [-0.1, -0.05) is 34.1 Å². The third-order valence-corrected chi connectivity index (χ3v) is 6.93. The molecule has 0 saturated carbocycles. The highest BCUT2D eigenvalue weighted by Gasteiger charge is 2.23. The van der Waals surface area contributed by atoms with E-state index in [0.717, 1.165) is 11.7 Å². The summed E-state index contributed by atoms with van der Waals surface area (Å²) in [6.45, 7) is 0. The largest absolute Gasteiger partial charge is 0.335 e. The molecule has 32 heavy (non-hydrogen) atoms. The third kappa shape index (κ3) is 3.87. The fourth-order valence-electron chi connectivity index (χ4n) is 3.06. The van der Waals surface area contributed by atoms with Crippen LogP contribution in [0.5, 0.6) is 0 Å². The molecule has 12 heteroatoms. The molecular weight excluding hydrogens is 519 g/mol. The first-order chi connectivity index (χ1) is 15.4. The highest BCUT2D eigenvalue weighted by Crippen LogP contribution is 2.30. The van der Waals surface area contributed by atoms with Crippen molar-refractivity contribution in [3.05, 3.63) is 71.0 Å². The van der Waals surface area contributed by atoms with Gasteiger partial charge in [-0.15, -0.1) is 0 Å². The molecular formula is C20H12BrFN6O2S2. The second kappa shape index (κ2) is 8.04. The first-order valence-corrected chi connectivity index (χ1v) is 12.1. The highest BCUT2D eigenvalue weighted by atomic mass is 79.9. The van der Waals surface area contributed by atoms with Crippen molar-refractivity contribution in [2.45, 2.75) is 4.90 Å². The molecule has 0 atom stereocenters. The van der Waals surface area contributed by atoms with Crippen molar-refractivity contribution in [1.29, 1.82) is 0 Å². The summed E-state index contributed by atoms with van der Waals surface area (Å²) in [5.74, 6) is -0.565. The van der Waals surface area contributed by atoms with Crippen LogP contribution in [0.3, 0.4) is 0 Å². The van der Waals surface area contributed by atoms with Crippen LogP contribution in [0.15, 0.2) is 70.0 Å². The maximum atomic E-state index is 14.4. The van der Waals surface area contributed by atoms with E-state index in [0.29, 0.717) is 21.0 Å². The van der Waals surface area contributed by atoms with E-state index < -0.39 is 15.8 Å². The lowest BCUT2D eigenvalue weighted by molar-refractivity contribution is 0.602. The number of fused-ring (bicyclic) bond motifs is 2. The number of rotatable bonds is 5. The van der Waals surface area contributed by atoms with Gasteiger partial charge in [0.15, 0.2) is 11.6 Å². The second-order valence-electron chi connectivity index (χ2n) is 6.65. The minimum atomic E-state index is -4.10. The summed E-state index contributed by atoms with van der Waals surface area (Å²) < 4.78 is 52.1. The van der Waals surface area contributed by atoms with Crippen molar-refractivity contribution < 1.29 is 12.8 Å². The van der Waals surface area contributed by atoms with Crippen molar-refractivity contribution in [1.82, 2.24) is 18.7 Å². The highest BCUT2D eigenvalue weighted by molar-refractivity contribution is 9.10. The molecule has 0 radical (unpaired) electrons. The van der Waals surface area contributed by atoms with Crippen LogP contribution >= 0.6 is 27.7 Å². The van der Waals surface area contributed by atoms with E-state index in [4.69, 9.17) is 0 Å². The molecule has 5 aromatic rings. The van der Waals surface area contributed by atoms with Gasteiger partial charge in [0.2, 0.25) is 0 Å². The zero-order chi connectivity index (χ0) is 22.3. The molecule has 2 N–H and O–H groups in total. The molecule has 0 spiro atoms. The van der Waals surface area contributed by atoms with Crippen LogP contribution < -0.4 is 10.0 Å². The van der Waals surface area contributed by atoms with Gasteiger partial charge in [-0.25, -0.2) is 22.8 Å². The van der Waals surface area contributed by atoms with E-state index in [1.54, 1.807) is 42.5 Å². The molecule has 0 bridgehead atoms. The van der Waals surface area contributed by atoms with Gasteiger partial charge in [0, 0.05) is 4.47 Å². The van der Waals surface area contributed by atoms with E-state index >= 15 is 0 Å². The predicted molar refractivity (Wildman–Crippen MR) is 125 cm³/mol. The maximum absolute atomic E-state index is 14.4. The van der Waals surface area contributed by atoms with Crippen LogP contribution in [0.1, 0.15) is 0 Å². The summed E-state index contributed by atoms with van der Waals surface area (Å²) in [4.78, 5) is 8.83. The summed E-state index contributed by atoms with van der Waals surface area (Å²) in [6, 6.07) is 16.1. The molecule has 2 aromatic heterocycles. The number of aromatic nitrogens is 4. The average Bonchev–Trinajstić information content (AvgIpc) is 3.24. The van der Waals surface area contributed by atoms with E-state index in [-0.39, 0.29) is 27.7 Å². The SMILES string of the molecule is O=S(=O)(Nc1nc2ccccc2nc1Nc1ccc(Br)cc1F)c1cccc2nsnc12. The molecule has 0 unspecified atom stereocenters. The average molecular weight is 531 g/mol. The zero-order valence-corrected chi connectivity index (χ0v) is 19.2. The summed E-state index contributed by atoms with van der Waals surface area (Å²) >= 11 is 4.13. The molecule has 5 rings (SSSR count). The smallest absolute Gasteiger partial charge is 0.265 e. The topological polar surface area (TPSA) is 110 Å². The number of benzene rings is 3. The van der Waals surface area contributed by atoms with Gasteiger partial charge in [-0.05, 0) is 42.5 Å². The first-order valence-electron chi connectivity index (χ1n) is 9.14. The Labute approximate surface area is 194 Å². The van der Waals surface area contributed by atoms with Gasteiger partial charge < -0.3 is 5.32 Å². The summed E-state index contributed by atoms with van der Waals surface area (Å²) in [5, 5.41) is 2.84. The Morgan fingerprint density at radius 2 is 1.59 bits per heavy atom. The van der Waals surface area contributed by atoms with Crippen LogP contribution in [0.25, 0.3) is 22.1 Å². The van der Waals surface area contributed by atoms with Gasteiger partial charge in [-0.2, -0.15) is 8.75 Å². The van der Waals surface area contributed by atoms with Crippen molar-refractivity contribution in [3.8, 4) is 0 Å². The molecule has 160 valence electrons. The third-order valence-electron chi connectivity index (χ3n) is 4.52. The zero-order valence-electron chi connectivity index (χ0n) is 16.0. The normalized spacial score (nSPS) is 11.7. The molecule has 3 aromatic carbocycles. The number of anilines is 3. The lowest BCUT2D eigenvalue weighted by atomic mass is 10.3. The molecule has 0 aliphatic carbocycles. The maximum Gasteiger partial charge on any atom is 0.265 e. The number of nitrogens with zero attached hydrogens (tertiary/aromatic N) is 4. The number of hydrogen-bond donors (Lipinski definition) is 2. The van der Waals surface area contributed by atoms with E-state index in [9.17, 15) is 12.8 Å². The summed E-state index contributed by atoms with van der Waals surface area (Å²) in [7, 11) is -4.10. The van der Waals surface area contributed by atoms with E-state index in [2.05, 4.69) is 44.7 Å². The number of nitrogens with one attached hydrogen (secondary N) is 2. The Morgan fingerprint density at radius 3 is 2.34 bits per heavy atom. The lowest BCUT2D eigenvalue weighted by Gasteiger charge is -2.14. The molecule has 0 saturated heterocycles. The second-order valence-corrected chi connectivity index (χ2v) is 9.75. The van der Waals surface area contributed by atoms with Gasteiger partial charge in [-0.3, -0.25) is 4.72 Å². The molecule has 8 nitrogen and oxygen atoms in total. The van der Waals surface area contributed by atoms with Crippen LogP contribution in [-0.4, -0.2) is 27.1 Å². The minimum absolute atomic E-state index is 0.0421. The fraction of sp³-hybridized carbons (Fsp3) is 0. The van der Waals surface area contributed by atoms with E-state index in [1.807, 2.05) is 0 Å². The Morgan fingerprint density at radius 1 is 0.875 bits per heavy atom. The predicted octanol–water partition coefficient (Wildman–Crippen LogP) is 5.08. The van der Waals surface area contributed by atoms with Crippen molar-refractivity contribution in [2.24, 2.45) is 0 Å². The monoisotopic (exact) mass is 530 g/mol. The Balaban J connectivity index is 1.62. The fourth-order valence-corrected chi connectivity index (χ4v) is 5.17. The standard InChI is InChI=1S/C20H12BrFN6O2S2/c21-11-8-9-13(12(22)10-11)23-19-20(25-15-5-2-1-4-14(15)24-19)28-32(29,30)17-7-3-6-16-18(17)27-31-26-16/h1-10H,(H,23,24)(H,25,28). The van der Waals surface area contributed by atoms with Crippen LogP contribution in [0, 0.1) is 5.82 Å². The van der Waals surface area contributed by atoms with Gasteiger partial charge in [0.05, 0.1) is 28.4 Å². The van der Waals surface area contributed by atoms with Gasteiger partial charge in [0.1, 0.15) is 21.7 Å². The molecule has 0 fully saturated rings. The number of hydrogen-bond acceptors (Lipinski definition) is 8. The first kappa shape index (κ1) is 20.7. The van der Waals surface area contributed by atoms with Crippen molar-refractivity contribution in [2.75, 3.05) is 10.0 Å². The van der Waals surface area contributed by atoms with Crippen LogP contribution in [-0.2, 0) is 10.0 Å². The quantitative estimate of drug-likeness (QED) is 0.326. The molecule has 0 amide bonds. The summed E-state index contributed by atoms with van der Waals surface area (Å²) in [6.07, 6.45) is 0. The van der Waals surface area contributed by atoms with Crippen molar-refractivity contribution in [3.63, 3.8) is 0 Å². The number of halogens is 2. The summed E-state index contributed by atoms with van der Waals surface area (Å²) in [5.41, 5.74) is 1.83. The lowest BCUT2D eigenvalue weighted by Crippen LogP contribution is -2.16. The molecule has 0 aliphatic rings. The van der Waals surface area contributed by atoms with Gasteiger partial charge >= 0.3 is 0 Å². The Bertz CT molecular complexity index is 1590. The van der Waals surface area contributed by atoms with E-state index in [1.165, 1.54) is 18.2 Å². The van der Waals surface area contributed by atoms with Gasteiger partial charge in [0.25, 0.3) is 10.0 Å².